The number of hydrogen-bond donors (Lipinski definition) is 1. The number of nitrogens with one attached hydrogen (secondary N) is 1. The van der Waals surface area contributed by atoms with Crippen molar-refractivity contribution < 1.29 is 13.2 Å². The van der Waals surface area contributed by atoms with E-state index in [-0.39, 0.29) is 24.0 Å². The largest absolute Gasteiger partial charge is 0.354 e. The third kappa shape index (κ3) is 6.58. The predicted molar refractivity (Wildman–Crippen MR) is 92.5 cm³/mol. The Labute approximate surface area is 143 Å². The lowest BCUT2D eigenvalue weighted by Gasteiger charge is -2.26. The van der Waals surface area contributed by atoms with Gasteiger partial charge in [-0.3, -0.25) is 14.4 Å². The summed E-state index contributed by atoms with van der Waals surface area (Å²) in [4.78, 5) is 16.0. The molecule has 1 aromatic heterocycles. The van der Waals surface area contributed by atoms with Crippen molar-refractivity contribution in [3.8, 4) is 0 Å². The van der Waals surface area contributed by atoms with Crippen LogP contribution in [0.4, 0.5) is 0 Å². The molecule has 9 heteroatoms. The number of rotatable bonds is 8. The van der Waals surface area contributed by atoms with Gasteiger partial charge in [0.2, 0.25) is 5.91 Å². The molecule has 136 valence electrons. The summed E-state index contributed by atoms with van der Waals surface area (Å²) in [5.41, 5.74) is 1.20. The van der Waals surface area contributed by atoms with Gasteiger partial charge in [0.25, 0.3) is 0 Å². The lowest BCUT2D eigenvalue weighted by atomic mass is 10.2. The minimum atomic E-state index is -2.89. The summed E-state index contributed by atoms with van der Waals surface area (Å²) >= 11 is 0. The Morgan fingerprint density at radius 1 is 1.33 bits per heavy atom. The minimum Gasteiger partial charge on any atom is -0.354 e. The summed E-state index contributed by atoms with van der Waals surface area (Å²) in [6.45, 7) is 3.44. The maximum Gasteiger partial charge on any atom is 0.234 e. The van der Waals surface area contributed by atoms with Gasteiger partial charge in [-0.15, -0.1) is 0 Å². The molecule has 1 saturated heterocycles. The van der Waals surface area contributed by atoms with Crippen LogP contribution in [0.5, 0.6) is 0 Å². The number of aromatic nitrogens is 2. The van der Waals surface area contributed by atoms with Gasteiger partial charge in [-0.2, -0.15) is 5.10 Å². The van der Waals surface area contributed by atoms with Gasteiger partial charge >= 0.3 is 0 Å². The second-order valence-corrected chi connectivity index (χ2v) is 8.66. The first-order valence-electron chi connectivity index (χ1n) is 8.19. The third-order valence-corrected chi connectivity index (χ3v) is 5.77. The van der Waals surface area contributed by atoms with Crippen LogP contribution >= 0.6 is 0 Å². The van der Waals surface area contributed by atoms with E-state index in [0.29, 0.717) is 19.6 Å². The van der Waals surface area contributed by atoms with Gasteiger partial charge in [0.15, 0.2) is 9.84 Å². The number of likely N-dealkylation sites (N-methyl/N-ethyl adjacent to an activating group) is 1. The van der Waals surface area contributed by atoms with Crippen molar-refractivity contribution in [1.82, 2.24) is 24.9 Å². The molecule has 2 rings (SSSR count). The van der Waals surface area contributed by atoms with E-state index in [1.165, 1.54) is 5.56 Å². The smallest absolute Gasteiger partial charge is 0.234 e. The molecule has 1 N–H and O–H groups in total. The van der Waals surface area contributed by atoms with E-state index < -0.39 is 9.84 Å². The van der Waals surface area contributed by atoms with E-state index in [1.807, 2.05) is 31.4 Å². The van der Waals surface area contributed by atoms with E-state index >= 15 is 0 Å². The molecule has 24 heavy (non-hydrogen) atoms. The lowest BCUT2D eigenvalue weighted by molar-refractivity contribution is -0.122. The van der Waals surface area contributed by atoms with Gasteiger partial charge in [0.05, 0.1) is 24.2 Å². The van der Waals surface area contributed by atoms with Crippen molar-refractivity contribution in [2.24, 2.45) is 7.05 Å². The maximum atomic E-state index is 11.9. The molecule has 0 bridgehead atoms. The summed E-state index contributed by atoms with van der Waals surface area (Å²) in [5, 5.41) is 7.04. The Morgan fingerprint density at radius 2 is 2.04 bits per heavy atom. The summed E-state index contributed by atoms with van der Waals surface area (Å²) in [7, 11) is 1.04. The maximum absolute atomic E-state index is 11.9. The van der Waals surface area contributed by atoms with Gasteiger partial charge in [-0.05, 0) is 19.0 Å². The van der Waals surface area contributed by atoms with Crippen molar-refractivity contribution >= 4 is 15.7 Å². The van der Waals surface area contributed by atoms with Crippen LogP contribution in [0.15, 0.2) is 12.4 Å². The molecular formula is C15H27N5O3S. The highest BCUT2D eigenvalue weighted by Gasteiger charge is 2.22. The van der Waals surface area contributed by atoms with E-state index in [0.717, 1.165) is 19.5 Å². The number of sulfone groups is 1. The summed E-state index contributed by atoms with van der Waals surface area (Å²) < 4.78 is 24.5. The highest BCUT2D eigenvalue weighted by atomic mass is 32.2. The molecule has 0 spiro atoms. The molecule has 1 aliphatic heterocycles. The van der Waals surface area contributed by atoms with Crippen LogP contribution < -0.4 is 5.32 Å². The SMILES string of the molecule is CN(CCNC(=O)CN1CCS(=O)(=O)CC1)CCc1cnn(C)c1. The number of amides is 1. The van der Waals surface area contributed by atoms with Crippen molar-refractivity contribution in [2.75, 3.05) is 57.8 Å². The first-order chi connectivity index (χ1) is 11.3. The molecule has 0 unspecified atom stereocenters. The molecule has 0 atom stereocenters. The van der Waals surface area contributed by atoms with Crippen LogP contribution in [0, 0.1) is 0 Å². The monoisotopic (exact) mass is 357 g/mol. The van der Waals surface area contributed by atoms with Gasteiger partial charge in [0.1, 0.15) is 0 Å². The average Bonchev–Trinajstić information content (AvgIpc) is 2.93. The van der Waals surface area contributed by atoms with Crippen LogP contribution in [0.1, 0.15) is 5.56 Å². The average molecular weight is 357 g/mol. The predicted octanol–water partition coefficient (Wildman–Crippen LogP) is -1.26. The first kappa shape index (κ1) is 18.9. The molecule has 8 nitrogen and oxygen atoms in total. The van der Waals surface area contributed by atoms with Crippen LogP contribution in [0.2, 0.25) is 0 Å². The second-order valence-electron chi connectivity index (χ2n) is 6.35. The molecule has 0 aliphatic carbocycles. The Kier molecular flexibility index (Phi) is 6.76. The molecule has 0 aromatic carbocycles. The quantitative estimate of drug-likeness (QED) is 0.625. The lowest BCUT2D eigenvalue weighted by Crippen LogP contribution is -2.46. The van der Waals surface area contributed by atoms with Crippen molar-refractivity contribution in [1.29, 1.82) is 0 Å². The fourth-order valence-electron chi connectivity index (χ4n) is 2.59. The van der Waals surface area contributed by atoms with Crippen LogP contribution in [-0.2, 0) is 28.1 Å². The molecular weight excluding hydrogens is 330 g/mol. The summed E-state index contributed by atoms with van der Waals surface area (Å²) in [5.74, 6) is 0.254. The zero-order valence-corrected chi connectivity index (χ0v) is 15.3. The standard InChI is InChI=1S/C15H27N5O3S/c1-18(5-3-14-11-17-19(2)12-14)6-4-16-15(21)13-20-7-9-24(22,23)10-8-20/h11-12H,3-10,13H2,1-2H3,(H,16,21). The molecule has 1 aliphatic rings. The van der Waals surface area contributed by atoms with E-state index in [4.69, 9.17) is 0 Å². The van der Waals surface area contributed by atoms with Gasteiger partial charge in [-0.1, -0.05) is 0 Å². The molecule has 0 radical (unpaired) electrons. The van der Waals surface area contributed by atoms with Gasteiger partial charge < -0.3 is 10.2 Å². The number of carbonyl (C=O) groups excluding carboxylic acids is 1. The van der Waals surface area contributed by atoms with Crippen LogP contribution in [-0.4, -0.2) is 91.7 Å². The topological polar surface area (TPSA) is 87.5 Å². The van der Waals surface area contributed by atoms with Crippen LogP contribution in [0.3, 0.4) is 0 Å². The van der Waals surface area contributed by atoms with Gasteiger partial charge in [-0.25, -0.2) is 8.42 Å². The van der Waals surface area contributed by atoms with Crippen molar-refractivity contribution in [2.45, 2.75) is 6.42 Å². The number of hydrogen-bond acceptors (Lipinski definition) is 6. The Bertz CT molecular complexity index is 629. The normalized spacial score (nSPS) is 18.0. The molecule has 0 saturated carbocycles. The summed E-state index contributed by atoms with van der Waals surface area (Å²) in [6.07, 6.45) is 4.81. The highest BCUT2D eigenvalue weighted by molar-refractivity contribution is 7.91. The number of nitrogens with zero attached hydrogens (tertiary/aromatic N) is 4. The van der Waals surface area contributed by atoms with E-state index in [2.05, 4.69) is 15.3 Å². The van der Waals surface area contributed by atoms with Crippen molar-refractivity contribution in [3.05, 3.63) is 18.0 Å². The van der Waals surface area contributed by atoms with E-state index in [1.54, 1.807) is 4.68 Å². The Hall–Kier alpha value is -1.45. The second kappa shape index (κ2) is 8.59. The number of carbonyl (C=O) groups is 1. The van der Waals surface area contributed by atoms with Crippen molar-refractivity contribution in [3.63, 3.8) is 0 Å². The zero-order chi connectivity index (χ0) is 17.6. The fraction of sp³-hybridized carbons (Fsp3) is 0.733. The molecule has 1 amide bonds. The first-order valence-corrected chi connectivity index (χ1v) is 10.0. The van der Waals surface area contributed by atoms with Crippen LogP contribution in [0.25, 0.3) is 0 Å². The highest BCUT2D eigenvalue weighted by Crippen LogP contribution is 2.03. The third-order valence-electron chi connectivity index (χ3n) is 4.16. The molecule has 2 heterocycles. The Morgan fingerprint density at radius 3 is 2.67 bits per heavy atom. The fourth-order valence-corrected chi connectivity index (χ4v) is 3.86. The summed E-state index contributed by atoms with van der Waals surface area (Å²) in [6, 6.07) is 0. The molecule has 1 aromatic rings. The number of aryl methyl sites for hydroxylation is 1. The van der Waals surface area contributed by atoms with E-state index in [9.17, 15) is 13.2 Å². The molecule has 1 fully saturated rings. The van der Waals surface area contributed by atoms with Gasteiger partial charge in [0, 0.05) is 46.0 Å². The Balaban J connectivity index is 1.57. The zero-order valence-electron chi connectivity index (χ0n) is 14.4. The minimum absolute atomic E-state index is 0.0463.